The van der Waals surface area contributed by atoms with E-state index < -0.39 is 5.54 Å². The molecule has 1 heterocycles. The van der Waals surface area contributed by atoms with Gasteiger partial charge in [-0.2, -0.15) is 0 Å². The summed E-state index contributed by atoms with van der Waals surface area (Å²) < 4.78 is 4.75. The van der Waals surface area contributed by atoms with Gasteiger partial charge in [-0.15, -0.1) is 0 Å². The Kier molecular flexibility index (Phi) is 1.07. The zero-order valence-corrected chi connectivity index (χ0v) is 7.37. The van der Waals surface area contributed by atoms with Crippen LogP contribution >= 0.6 is 0 Å². The quantitative estimate of drug-likeness (QED) is 0.564. The van der Waals surface area contributed by atoms with Crippen molar-refractivity contribution >= 4 is 11.9 Å². The van der Waals surface area contributed by atoms with Crippen molar-refractivity contribution in [1.29, 1.82) is 0 Å². The number of fused-ring (bicyclic) bond motifs is 1. The number of piperidine rings is 1. The molecule has 0 radical (unpaired) electrons. The number of rotatable bonds is 1. The molecule has 13 heavy (non-hydrogen) atoms. The summed E-state index contributed by atoms with van der Waals surface area (Å²) in [5.74, 6) is 0.624. The predicted molar refractivity (Wildman–Crippen MR) is 42.6 cm³/mol. The highest BCUT2D eigenvalue weighted by atomic mass is 16.5. The van der Waals surface area contributed by atoms with Crippen LogP contribution in [0.3, 0.4) is 0 Å². The summed E-state index contributed by atoms with van der Waals surface area (Å²) in [6.07, 6.45) is 1.75. The summed E-state index contributed by atoms with van der Waals surface area (Å²) in [4.78, 5) is 22.9. The number of methoxy groups -OCH3 is 1. The fourth-order valence-electron chi connectivity index (χ4n) is 3.24. The third-order valence-corrected chi connectivity index (χ3v) is 3.81. The molecule has 1 aliphatic heterocycles. The average Bonchev–Trinajstić information content (AvgIpc) is 2.69. The Morgan fingerprint density at radius 3 is 3.08 bits per heavy atom. The van der Waals surface area contributed by atoms with Crippen LogP contribution in [-0.4, -0.2) is 24.5 Å². The second-order valence-corrected chi connectivity index (χ2v) is 4.21. The van der Waals surface area contributed by atoms with Crippen molar-refractivity contribution in [3.8, 4) is 0 Å². The number of hydrogen-bond acceptors (Lipinski definition) is 3. The molecule has 4 atom stereocenters. The third kappa shape index (κ3) is 0.607. The predicted octanol–water partition coefficient (Wildman–Crippen LogP) is -0.316. The van der Waals surface area contributed by atoms with Crippen LogP contribution < -0.4 is 5.32 Å². The first-order valence-corrected chi connectivity index (χ1v) is 4.61. The lowest BCUT2D eigenvalue weighted by molar-refractivity contribution is -0.149. The van der Waals surface area contributed by atoms with Gasteiger partial charge < -0.3 is 10.1 Å². The lowest BCUT2D eigenvalue weighted by Gasteiger charge is -2.23. The van der Waals surface area contributed by atoms with Crippen LogP contribution in [0.5, 0.6) is 0 Å². The number of nitrogens with one attached hydrogen (secondary N) is 1. The van der Waals surface area contributed by atoms with Crippen LogP contribution in [0.15, 0.2) is 0 Å². The smallest absolute Gasteiger partial charge is 0.331 e. The van der Waals surface area contributed by atoms with Crippen molar-refractivity contribution in [2.75, 3.05) is 7.11 Å². The zero-order chi connectivity index (χ0) is 9.22. The molecule has 4 nitrogen and oxygen atoms in total. The third-order valence-electron chi connectivity index (χ3n) is 3.81. The van der Waals surface area contributed by atoms with Gasteiger partial charge in [-0.1, -0.05) is 0 Å². The SMILES string of the molecule is COC(=O)[C@@]12CC[C@H]3[C@@H](C(=O)N1)[C@H]32. The van der Waals surface area contributed by atoms with E-state index in [1.54, 1.807) is 0 Å². The maximum atomic E-state index is 11.5. The summed E-state index contributed by atoms with van der Waals surface area (Å²) in [6, 6.07) is 0. The second-order valence-electron chi connectivity index (χ2n) is 4.21. The molecule has 4 heteroatoms. The van der Waals surface area contributed by atoms with Gasteiger partial charge in [-0.05, 0) is 18.8 Å². The van der Waals surface area contributed by atoms with Gasteiger partial charge in [0.2, 0.25) is 5.91 Å². The molecule has 3 rings (SSSR count). The fourth-order valence-corrected chi connectivity index (χ4v) is 3.24. The standard InChI is InChI=1S/C9H11NO3/c1-13-8(12)9-3-2-4-5(6(4)9)7(11)10-9/h4-6H,2-3H2,1H3,(H,10,11)/t4-,5+,6-,9-/m0/s1. The Labute approximate surface area is 75.6 Å². The maximum Gasteiger partial charge on any atom is 0.331 e. The van der Waals surface area contributed by atoms with E-state index in [0.29, 0.717) is 5.92 Å². The Morgan fingerprint density at radius 2 is 2.46 bits per heavy atom. The zero-order valence-electron chi connectivity index (χ0n) is 7.37. The highest BCUT2D eigenvalue weighted by Crippen LogP contribution is 2.66. The van der Waals surface area contributed by atoms with Gasteiger partial charge in [-0.3, -0.25) is 4.79 Å². The van der Waals surface area contributed by atoms with E-state index >= 15 is 0 Å². The van der Waals surface area contributed by atoms with E-state index in [0.717, 1.165) is 12.8 Å². The average molecular weight is 181 g/mol. The molecule has 3 aliphatic rings. The van der Waals surface area contributed by atoms with E-state index in [2.05, 4.69) is 5.32 Å². The Balaban J connectivity index is 2.00. The van der Waals surface area contributed by atoms with Crippen molar-refractivity contribution in [3.63, 3.8) is 0 Å². The highest BCUT2D eigenvalue weighted by molar-refractivity contribution is 5.98. The minimum atomic E-state index is -0.638. The molecule has 0 unspecified atom stereocenters. The number of carbonyl (C=O) groups excluding carboxylic acids is 2. The normalized spacial score (nSPS) is 49.9. The minimum Gasteiger partial charge on any atom is -0.467 e. The van der Waals surface area contributed by atoms with E-state index in [-0.39, 0.29) is 23.7 Å². The van der Waals surface area contributed by atoms with Crippen LogP contribution in [0.1, 0.15) is 12.8 Å². The Morgan fingerprint density at radius 1 is 1.69 bits per heavy atom. The minimum absolute atomic E-state index is 0.0536. The molecular formula is C9H11NO3. The molecule has 70 valence electrons. The Bertz CT molecular complexity index is 314. The second kappa shape index (κ2) is 1.89. The summed E-state index contributed by atoms with van der Waals surface area (Å²) in [5, 5.41) is 2.80. The summed E-state index contributed by atoms with van der Waals surface area (Å²) >= 11 is 0. The number of amides is 1. The first-order valence-electron chi connectivity index (χ1n) is 4.61. The van der Waals surface area contributed by atoms with E-state index in [1.165, 1.54) is 7.11 Å². The topological polar surface area (TPSA) is 55.4 Å². The molecule has 0 aromatic rings. The monoisotopic (exact) mass is 181 g/mol. The van der Waals surface area contributed by atoms with Crippen molar-refractivity contribution < 1.29 is 14.3 Å². The number of esters is 1. The van der Waals surface area contributed by atoms with Crippen LogP contribution in [0, 0.1) is 17.8 Å². The van der Waals surface area contributed by atoms with Crippen LogP contribution in [0.4, 0.5) is 0 Å². The van der Waals surface area contributed by atoms with Gasteiger partial charge in [0, 0.05) is 11.8 Å². The molecule has 1 saturated heterocycles. The largest absolute Gasteiger partial charge is 0.467 e. The van der Waals surface area contributed by atoms with Gasteiger partial charge in [0.05, 0.1) is 7.11 Å². The van der Waals surface area contributed by atoms with Crippen LogP contribution in [0.2, 0.25) is 0 Å². The van der Waals surface area contributed by atoms with E-state index in [4.69, 9.17) is 4.74 Å². The summed E-state index contributed by atoms with van der Waals surface area (Å²) in [7, 11) is 1.38. The van der Waals surface area contributed by atoms with Gasteiger partial charge in [0.25, 0.3) is 0 Å². The van der Waals surface area contributed by atoms with Crippen molar-refractivity contribution in [2.24, 2.45) is 17.8 Å². The Hall–Kier alpha value is -1.06. The molecule has 0 aromatic heterocycles. The van der Waals surface area contributed by atoms with Gasteiger partial charge >= 0.3 is 5.97 Å². The lowest BCUT2D eigenvalue weighted by Crippen LogP contribution is -2.51. The molecule has 0 spiro atoms. The molecule has 3 fully saturated rings. The van der Waals surface area contributed by atoms with Crippen molar-refractivity contribution in [3.05, 3.63) is 0 Å². The van der Waals surface area contributed by atoms with Crippen LogP contribution in [0.25, 0.3) is 0 Å². The van der Waals surface area contributed by atoms with Gasteiger partial charge in [-0.25, -0.2) is 4.79 Å². The van der Waals surface area contributed by atoms with Gasteiger partial charge in [0.1, 0.15) is 5.54 Å². The maximum absolute atomic E-state index is 11.5. The van der Waals surface area contributed by atoms with E-state index in [9.17, 15) is 9.59 Å². The lowest BCUT2D eigenvalue weighted by atomic mass is 9.95. The van der Waals surface area contributed by atoms with Crippen LogP contribution in [-0.2, 0) is 14.3 Å². The molecule has 2 aliphatic carbocycles. The molecule has 2 saturated carbocycles. The summed E-state index contributed by atoms with van der Waals surface area (Å²) in [6.45, 7) is 0. The molecular weight excluding hydrogens is 170 g/mol. The highest BCUT2D eigenvalue weighted by Gasteiger charge is 2.76. The molecule has 0 bridgehead atoms. The van der Waals surface area contributed by atoms with Gasteiger partial charge in [0.15, 0.2) is 0 Å². The van der Waals surface area contributed by atoms with E-state index in [1.807, 2.05) is 0 Å². The molecule has 0 aromatic carbocycles. The number of ether oxygens (including phenoxy) is 1. The van der Waals surface area contributed by atoms with Crippen molar-refractivity contribution in [2.45, 2.75) is 18.4 Å². The first-order chi connectivity index (χ1) is 6.20. The van der Waals surface area contributed by atoms with Crippen molar-refractivity contribution in [1.82, 2.24) is 5.32 Å². The number of hydrogen-bond donors (Lipinski definition) is 1. The first kappa shape index (κ1) is 7.35. The summed E-state index contributed by atoms with van der Waals surface area (Å²) in [5.41, 5.74) is -0.638. The fraction of sp³-hybridized carbons (Fsp3) is 0.778. The molecule has 1 N–H and O–H groups in total. The molecule has 1 amide bonds. The number of carbonyl (C=O) groups is 2.